The molecule has 1 saturated heterocycles. The topological polar surface area (TPSA) is 88.2 Å². The zero-order valence-corrected chi connectivity index (χ0v) is 11.7. The van der Waals surface area contributed by atoms with Gasteiger partial charge in [-0.1, -0.05) is 5.16 Å². The minimum atomic E-state index is -0.977. The lowest BCUT2D eigenvalue weighted by Gasteiger charge is -2.38. The van der Waals surface area contributed by atoms with E-state index in [2.05, 4.69) is 20.1 Å². The van der Waals surface area contributed by atoms with Crippen LogP contribution in [0.3, 0.4) is 0 Å². The minimum Gasteiger partial charge on any atom is -0.388 e. The van der Waals surface area contributed by atoms with Gasteiger partial charge in [0.15, 0.2) is 11.6 Å². The molecule has 0 aromatic carbocycles. The van der Waals surface area contributed by atoms with Crippen LogP contribution < -0.4 is 4.90 Å². The first kappa shape index (κ1) is 13.9. The quantitative estimate of drug-likeness (QED) is 0.898. The third kappa shape index (κ3) is 3.15. The predicted octanol–water partition coefficient (Wildman–Crippen LogP) is 0.881. The van der Waals surface area contributed by atoms with Crippen LogP contribution >= 0.6 is 0 Å². The average Bonchev–Trinajstić information content (AvgIpc) is 2.84. The van der Waals surface area contributed by atoms with Crippen LogP contribution in [0, 0.1) is 12.7 Å². The van der Waals surface area contributed by atoms with Gasteiger partial charge in [-0.3, -0.25) is 0 Å². The van der Waals surface area contributed by atoms with Crippen molar-refractivity contribution in [2.75, 3.05) is 18.0 Å². The van der Waals surface area contributed by atoms with Crippen LogP contribution in [0.25, 0.3) is 0 Å². The fourth-order valence-corrected chi connectivity index (χ4v) is 2.59. The van der Waals surface area contributed by atoms with E-state index < -0.39 is 11.4 Å². The summed E-state index contributed by atoms with van der Waals surface area (Å²) in [7, 11) is 0. The molecule has 2 aromatic heterocycles. The van der Waals surface area contributed by atoms with E-state index in [1.165, 1.54) is 0 Å². The first-order valence-corrected chi connectivity index (χ1v) is 6.78. The summed E-state index contributed by atoms with van der Waals surface area (Å²) in [5.74, 6) is 0.892. The number of rotatable bonds is 3. The van der Waals surface area contributed by atoms with Crippen molar-refractivity contribution in [2.45, 2.75) is 31.8 Å². The Morgan fingerprint density at radius 1 is 1.43 bits per heavy atom. The van der Waals surface area contributed by atoms with Gasteiger partial charge < -0.3 is 14.5 Å². The third-order valence-corrected chi connectivity index (χ3v) is 3.49. The van der Waals surface area contributed by atoms with Gasteiger partial charge in [0.2, 0.25) is 11.8 Å². The second-order valence-electron chi connectivity index (χ2n) is 5.36. The Hall–Kier alpha value is -2.09. The van der Waals surface area contributed by atoms with Crippen LogP contribution in [0.2, 0.25) is 0 Å². The van der Waals surface area contributed by atoms with E-state index in [9.17, 15) is 9.50 Å². The number of aryl methyl sites for hydroxylation is 1. The third-order valence-electron chi connectivity index (χ3n) is 3.49. The van der Waals surface area contributed by atoms with Crippen molar-refractivity contribution in [1.82, 2.24) is 20.1 Å². The van der Waals surface area contributed by atoms with Gasteiger partial charge in [-0.25, -0.2) is 14.4 Å². The zero-order chi connectivity index (χ0) is 14.9. The number of piperidine rings is 1. The Labute approximate surface area is 120 Å². The highest BCUT2D eigenvalue weighted by atomic mass is 19.1. The number of halogens is 1. The highest BCUT2D eigenvalue weighted by Crippen LogP contribution is 2.26. The van der Waals surface area contributed by atoms with Gasteiger partial charge in [0.05, 0.1) is 31.0 Å². The molecule has 1 fully saturated rings. The molecule has 3 heterocycles. The Morgan fingerprint density at radius 2 is 2.19 bits per heavy atom. The van der Waals surface area contributed by atoms with Crippen molar-refractivity contribution in [3.8, 4) is 0 Å². The summed E-state index contributed by atoms with van der Waals surface area (Å²) < 4.78 is 17.9. The van der Waals surface area contributed by atoms with Crippen molar-refractivity contribution < 1.29 is 14.0 Å². The fourth-order valence-electron chi connectivity index (χ4n) is 2.59. The van der Waals surface area contributed by atoms with Crippen LogP contribution in [-0.4, -0.2) is 43.9 Å². The fraction of sp³-hybridized carbons (Fsp3) is 0.538. The van der Waals surface area contributed by atoms with Gasteiger partial charge in [-0.2, -0.15) is 4.98 Å². The molecule has 1 atom stereocenters. The van der Waals surface area contributed by atoms with Crippen molar-refractivity contribution >= 4 is 5.95 Å². The Balaban J connectivity index is 1.73. The largest absolute Gasteiger partial charge is 0.388 e. The van der Waals surface area contributed by atoms with Crippen molar-refractivity contribution in [1.29, 1.82) is 0 Å². The SMILES string of the molecule is Cc1noc(CC2(O)CCCN(c3ncc(F)cn3)C2)n1. The lowest BCUT2D eigenvalue weighted by atomic mass is 9.89. The second-order valence-corrected chi connectivity index (χ2v) is 5.36. The Bertz CT molecular complexity index is 617. The highest BCUT2D eigenvalue weighted by molar-refractivity contribution is 5.31. The van der Waals surface area contributed by atoms with E-state index in [0.717, 1.165) is 25.4 Å². The molecule has 0 radical (unpaired) electrons. The van der Waals surface area contributed by atoms with Gasteiger partial charge in [-0.05, 0) is 19.8 Å². The normalized spacial score (nSPS) is 22.5. The standard InChI is InChI=1S/C13H16FN5O2/c1-9-17-11(21-18-9)5-13(20)3-2-4-19(8-13)12-15-6-10(14)7-16-12/h6-7,20H,2-5,8H2,1H3. The van der Waals surface area contributed by atoms with E-state index in [-0.39, 0.29) is 6.42 Å². The number of anilines is 1. The maximum atomic E-state index is 12.9. The second kappa shape index (κ2) is 5.36. The van der Waals surface area contributed by atoms with E-state index >= 15 is 0 Å². The number of nitrogens with zero attached hydrogens (tertiary/aromatic N) is 5. The van der Waals surface area contributed by atoms with Gasteiger partial charge in [0.1, 0.15) is 0 Å². The van der Waals surface area contributed by atoms with Crippen molar-refractivity contribution in [3.63, 3.8) is 0 Å². The summed E-state index contributed by atoms with van der Waals surface area (Å²) in [4.78, 5) is 13.9. The molecule has 1 N–H and O–H groups in total. The molecule has 7 nitrogen and oxygen atoms in total. The lowest BCUT2D eigenvalue weighted by molar-refractivity contribution is 0.0189. The monoisotopic (exact) mass is 293 g/mol. The Morgan fingerprint density at radius 3 is 2.86 bits per heavy atom. The molecule has 2 aromatic rings. The molecule has 0 aliphatic carbocycles. The molecule has 1 unspecified atom stereocenters. The molecule has 1 aliphatic rings. The maximum absolute atomic E-state index is 12.9. The number of hydrogen-bond acceptors (Lipinski definition) is 7. The van der Waals surface area contributed by atoms with E-state index in [1.807, 2.05) is 4.90 Å². The van der Waals surface area contributed by atoms with Crippen LogP contribution in [0.15, 0.2) is 16.9 Å². The van der Waals surface area contributed by atoms with Crippen molar-refractivity contribution in [3.05, 3.63) is 29.9 Å². The molecular formula is C13H16FN5O2. The molecule has 112 valence electrons. The molecule has 3 rings (SSSR count). The Kier molecular flexibility index (Phi) is 3.54. The zero-order valence-electron chi connectivity index (χ0n) is 11.7. The lowest BCUT2D eigenvalue weighted by Crippen LogP contribution is -2.50. The van der Waals surface area contributed by atoms with E-state index in [4.69, 9.17) is 4.52 Å². The summed E-state index contributed by atoms with van der Waals surface area (Å²) >= 11 is 0. The van der Waals surface area contributed by atoms with Crippen LogP contribution in [0.1, 0.15) is 24.6 Å². The predicted molar refractivity (Wildman–Crippen MR) is 71.1 cm³/mol. The maximum Gasteiger partial charge on any atom is 0.229 e. The van der Waals surface area contributed by atoms with E-state index in [0.29, 0.717) is 30.6 Å². The molecule has 0 amide bonds. The molecule has 0 saturated carbocycles. The van der Waals surface area contributed by atoms with Gasteiger partial charge in [-0.15, -0.1) is 0 Å². The summed E-state index contributed by atoms with van der Waals surface area (Å²) in [6.07, 6.45) is 3.94. The minimum absolute atomic E-state index is 0.283. The van der Waals surface area contributed by atoms with Crippen LogP contribution in [0.5, 0.6) is 0 Å². The first-order chi connectivity index (χ1) is 10.0. The summed E-state index contributed by atoms with van der Waals surface area (Å²) in [5.41, 5.74) is -0.977. The number of aromatic nitrogens is 4. The van der Waals surface area contributed by atoms with Crippen LogP contribution in [-0.2, 0) is 6.42 Å². The number of aliphatic hydroxyl groups is 1. The van der Waals surface area contributed by atoms with Gasteiger partial charge in [0.25, 0.3) is 0 Å². The van der Waals surface area contributed by atoms with Crippen molar-refractivity contribution in [2.24, 2.45) is 0 Å². The van der Waals surface area contributed by atoms with Gasteiger partial charge in [0, 0.05) is 6.54 Å². The summed E-state index contributed by atoms with van der Waals surface area (Å²) in [6.45, 7) is 2.80. The molecule has 21 heavy (non-hydrogen) atoms. The number of β-amino-alcohol motifs (C(OH)–C–C–N with tert-alkyl or cyclic N) is 1. The van der Waals surface area contributed by atoms with E-state index in [1.54, 1.807) is 6.92 Å². The summed E-state index contributed by atoms with van der Waals surface area (Å²) in [5, 5.41) is 14.4. The highest BCUT2D eigenvalue weighted by Gasteiger charge is 2.36. The number of hydrogen-bond donors (Lipinski definition) is 1. The summed E-state index contributed by atoms with van der Waals surface area (Å²) in [6, 6.07) is 0. The molecule has 0 bridgehead atoms. The molecule has 1 aliphatic heterocycles. The smallest absolute Gasteiger partial charge is 0.229 e. The molecular weight excluding hydrogens is 277 g/mol. The average molecular weight is 293 g/mol. The molecule has 0 spiro atoms. The first-order valence-electron chi connectivity index (χ1n) is 6.78. The van der Waals surface area contributed by atoms with Crippen LogP contribution in [0.4, 0.5) is 10.3 Å². The van der Waals surface area contributed by atoms with Gasteiger partial charge >= 0.3 is 0 Å². The molecule has 8 heteroatoms.